The molecule has 0 radical (unpaired) electrons. The summed E-state index contributed by atoms with van der Waals surface area (Å²) in [4.78, 5) is 24.8. The Labute approximate surface area is 211 Å². The monoisotopic (exact) mass is 519 g/mol. The van der Waals surface area contributed by atoms with Gasteiger partial charge in [0.1, 0.15) is 11.8 Å². The largest absolute Gasteiger partial charge is 0.497 e. The van der Waals surface area contributed by atoms with Crippen molar-refractivity contribution in [2.75, 3.05) is 13.7 Å². The Hall–Kier alpha value is -3.15. The highest BCUT2D eigenvalue weighted by molar-refractivity contribution is 7.89. The SMILES string of the molecule is CCOC(=O)N[C@H]1CC[C@H](C(C(=O)NO)N(Cc2ccccc2)S(=O)(=O)c2ccc(OC)cc2)CC1. The molecule has 0 saturated heterocycles. The number of sulfonamides is 1. The Kier molecular flexibility index (Phi) is 9.68. The number of benzene rings is 2. The van der Waals surface area contributed by atoms with Crippen LogP contribution in [0.25, 0.3) is 0 Å². The number of alkyl carbamates (subject to hydrolysis) is 1. The van der Waals surface area contributed by atoms with Crippen LogP contribution < -0.4 is 15.5 Å². The summed E-state index contributed by atoms with van der Waals surface area (Å²) in [6.07, 6.45) is 1.52. The second-order valence-corrected chi connectivity index (χ2v) is 10.5. The van der Waals surface area contributed by atoms with Crippen molar-refractivity contribution in [3.8, 4) is 5.75 Å². The lowest BCUT2D eigenvalue weighted by molar-refractivity contribution is -0.135. The van der Waals surface area contributed by atoms with Crippen LogP contribution in [0.15, 0.2) is 59.5 Å². The molecule has 1 fully saturated rings. The number of hydrogen-bond donors (Lipinski definition) is 3. The summed E-state index contributed by atoms with van der Waals surface area (Å²) < 4.78 is 39.0. The fraction of sp³-hybridized carbons (Fsp3) is 0.440. The maximum absolute atomic E-state index is 13.9. The van der Waals surface area contributed by atoms with Gasteiger partial charge >= 0.3 is 6.09 Å². The number of carbonyl (C=O) groups is 2. The van der Waals surface area contributed by atoms with E-state index >= 15 is 0 Å². The molecular formula is C25H33N3O7S. The van der Waals surface area contributed by atoms with E-state index in [0.717, 1.165) is 4.31 Å². The molecule has 0 spiro atoms. The third-order valence-electron chi connectivity index (χ3n) is 6.35. The van der Waals surface area contributed by atoms with E-state index in [0.29, 0.717) is 37.0 Å². The van der Waals surface area contributed by atoms with Crippen molar-refractivity contribution in [1.29, 1.82) is 0 Å². The topological polar surface area (TPSA) is 134 Å². The minimum Gasteiger partial charge on any atom is -0.497 e. The highest BCUT2D eigenvalue weighted by Crippen LogP contribution is 2.34. The number of hydrogen-bond acceptors (Lipinski definition) is 7. The molecule has 0 aliphatic heterocycles. The molecule has 1 saturated carbocycles. The maximum Gasteiger partial charge on any atom is 0.407 e. The number of amides is 2. The van der Waals surface area contributed by atoms with Crippen LogP contribution in [0.1, 0.15) is 38.2 Å². The van der Waals surface area contributed by atoms with Crippen molar-refractivity contribution >= 4 is 22.0 Å². The summed E-state index contributed by atoms with van der Waals surface area (Å²) in [5.74, 6) is -0.681. The van der Waals surface area contributed by atoms with Crippen LogP contribution >= 0.6 is 0 Å². The fourth-order valence-electron chi connectivity index (χ4n) is 4.54. The van der Waals surface area contributed by atoms with Crippen molar-refractivity contribution in [2.45, 2.75) is 56.1 Å². The van der Waals surface area contributed by atoms with Gasteiger partial charge in [0.2, 0.25) is 10.0 Å². The van der Waals surface area contributed by atoms with Gasteiger partial charge in [-0.05, 0) is 68.4 Å². The number of nitrogens with zero attached hydrogens (tertiary/aromatic N) is 1. The predicted molar refractivity (Wildman–Crippen MR) is 132 cm³/mol. The van der Waals surface area contributed by atoms with Crippen LogP contribution in [0.4, 0.5) is 4.79 Å². The number of hydroxylamine groups is 1. The van der Waals surface area contributed by atoms with E-state index in [4.69, 9.17) is 9.47 Å². The molecule has 2 aromatic carbocycles. The Bertz CT molecular complexity index is 1100. The van der Waals surface area contributed by atoms with Gasteiger partial charge in [-0.2, -0.15) is 4.31 Å². The zero-order valence-corrected chi connectivity index (χ0v) is 21.2. The van der Waals surface area contributed by atoms with Crippen molar-refractivity contribution in [3.63, 3.8) is 0 Å². The zero-order chi connectivity index (χ0) is 26.1. The van der Waals surface area contributed by atoms with Gasteiger partial charge in [-0.15, -0.1) is 0 Å². The quantitative estimate of drug-likeness (QED) is 0.324. The van der Waals surface area contributed by atoms with Crippen LogP contribution in [0, 0.1) is 5.92 Å². The van der Waals surface area contributed by atoms with E-state index in [1.807, 2.05) is 6.07 Å². The summed E-state index contributed by atoms with van der Waals surface area (Å²) in [7, 11) is -2.67. The average Bonchev–Trinajstić information content (AvgIpc) is 2.89. The molecule has 2 aromatic rings. The molecule has 1 unspecified atom stereocenters. The molecule has 0 aromatic heterocycles. The fourth-order valence-corrected chi connectivity index (χ4v) is 6.18. The molecule has 3 rings (SSSR count). The highest BCUT2D eigenvalue weighted by Gasteiger charge is 2.42. The van der Waals surface area contributed by atoms with Crippen LogP contribution in [0.3, 0.4) is 0 Å². The molecule has 36 heavy (non-hydrogen) atoms. The van der Waals surface area contributed by atoms with Crippen molar-refractivity contribution in [3.05, 3.63) is 60.2 Å². The van der Waals surface area contributed by atoms with Gasteiger partial charge in [0.05, 0.1) is 18.6 Å². The van der Waals surface area contributed by atoms with Gasteiger partial charge in [-0.3, -0.25) is 10.0 Å². The lowest BCUT2D eigenvalue weighted by Gasteiger charge is -2.38. The van der Waals surface area contributed by atoms with Gasteiger partial charge in [-0.25, -0.2) is 18.7 Å². The van der Waals surface area contributed by atoms with Crippen LogP contribution in [-0.4, -0.2) is 55.7 Å². The van der Waals surface area contributed by atoms with E-state index in [1.54, 1.807) is 48.8 Å². The summed E-state index contributed by atoms with van der Waals surface area (Å²) in [6, 6.07) is 13.6. The van der Waals surface area contributed by atoms with E-state index < -0.39 is 28.1 Å². The van der Waals surface area contributed by atoms with Crippen molar-refractivity contribution in [2.24, 2.45) is 5.92 Å². The standard InChI is InChI=1S/C25H33N3O7S/c1-3-35-25(30)26-20-11-9-19(10-12-20)23(24(29)27-31)28(17-18-7-5-4-6-8-18)36(32,33)22-15-13-21(34-2)14-16-22/h4-8,13-16,19-20,23,31H,3,9-12,17H2,1-2H3,(H,26,30)(H,27,29)/t19-,20-,23?. The van der Waals surface area contributed by atoms with Gasteiger partial charge in [0, 0.05) is 12.6 Å². The first-order chi connectivity index (χ1) is 17.3. The third-order valence-corrected chi connectivity index (χ3v) is 8.19. The Balaban J connectivity index is 1.93. The Morgan fingerprint density at radius 3 is 2.25 bits per heavy atom. The normalized spacial score (nSPS) is 18.8. The second kappa shape index (κ2) is 12.7. The second-order valence-electron chi connectivity index (χ2n) is 8.61. The third kappa shape index (κ3) is 6.74. The first-order valence-corrected chi connectivity index (χ1v) is 13.3. The number of carbonyl (C=O) groups excluding carboxylic acids is 2. The molecule has 1 aliphatic carbocycles. The van der Waals surface area contributed by atoms with Gasteiger partial charge < -0.3 is 14.8 Å². The van der Waals surface area contributed by atoms with Gasteiger partial charge in [0.15, 0.2) is 0 Å². The molecule has 1 atom stereocenters. The van der Waals surface area contributed by atoms with Gasteiger partial charge in [-0.1, -0.05) is 30.3 Å². The molecular weight excluding hydrogens is 486 g/mol. The summed E-state index contributed by atoms with van der Waals surface area (Å²) in [5.41, 5.74) is 2.37. The molecule has 0 bridgehead atoms. The minimum absolute atomic E-state index is 0.00707. The molecule has 196 valence electrons. The Morgan fingerprint density at radius 2 is 1.69 bits per heavy atom. The van der Waals surface area contributed by atoms with E-state index in [1.165, 1.54) is 19.2 Å². The molecule has 0 heterocycles. The zero-order valence-electron chi connectivity index (χ0n) is 20.4. The lowest BCUT2D eigenvalue weighted by atomic mass is 9.81. The number of methoxy groups -OCH3 is 1. The molecule has 2 amide bonds. The smallest absolute Gasteiger partial charge is 0.407 e. The van der Waals surface area contributed by atoms with E-state index in [9.17, 15) is 23.2 Å². The van der Waals surface area contributed by atoms with E-state index in [2.05, 4.69) is 5.32 Å². The Morgan fingerprint density at radius 1 is 1.06 bits per heavy atom. The number of rotatable bonds is 10. The van der Waals surface area contributed by atoms with Gasteiger partial charge in [0.25, 0.3) is 5.91 Å². The van der Waals surface area contributed by atoms with Crippen molar-refractivity contribution in [1.82, 2.24) is 15.1 Å². The predicted octanol–water partition coefficient (Wildman–Crippen LogP) is 3.07. The number of ether oxygens (including phenoxy) is 2. The molecule has 11 heteroatoms. The molecule has 1 aliphatic rings. The lowest BCUT2D eigenvalue weighted by Crippen LogP contribution is -2.53. The minimum atomic E-state index is -4.15. The average molecular weight is 520 g/mol. The maximum atomic E-state index is 13.9. The van der Waals surface area contributed by atoms with E-state index in [-0.39, 0.29) is 30.0 Å². The first kappa shape index (κ1) is 27.4. The molecule has 3 N–H and O–H groups in total. The van der Waals surface area contributed by atoms with Crippen LogP contribution in [0.2, 0.25) is 0 Å². The first-order valence-electron chi connectivity index (χ1n) is 11.9. The molecule has 10 nitrogen and oxygen atoms in total. The summed E-state index contributed by atoms with van der Waals surface area (Å²) in [5, 5.41) is 12.4. The summed E-state index contributed by atoms with van der Waals surface area (Å²) in [6.45, 7) is 1.92. The van der Waals surface area contributed by atoms with Crippen LogP contribution in [0.5, 0.6) is 5.75 Å². The van der Waals surface area contributed by atoms with Crippen molar-refractivity contribution < 1.29 is 32.7 Å². The number of nitrogens with one attached hydrogen (secondary N) is 2. The summed E-state index contributed by atoms with van der Waals surface area (Å²) >= 11 is 0. The highest BCUT2D eigenvalue weighted by atomic mass is 32.2. The van der Waals surface area contributed by atoms with Crippen LogP contribution in [-0.2, 0) is 26.1 Å².